The summed E-state index contributed by atoms with van der Waals surface area (Å²) >= 11 is 0. The molecule has 6 rings (SSSR count). The van der Waals surface area contributed by atoms with Crippen molar-refractivity contribution in [2.45, 2.75) is 17.4 Å². The molecule has 264 valence electrons. The second-order valence-corrected chi connectivity index (χ2v) is 14.2. The highest BCUT2D eigenvalue weighted by Crippen LogP contribution is 2.41. The second-order valence-electron chi connectivity index (χ2n) is 11.1. The number of halogens is 6. The lowest BCUT2D eigenvalue weighted by Gasteiger charge is -2.19. The van der Waals surface area contributed by atoms with E-state index in [4.69, 9.17) is 0 Å². The number of benzene rings is 6. The molecular weight excluding hydrogens is 723 g/mol. The number of para-hydroxylation sites is 2. The van der Waals surface area contributed by atoms with Crippen molar-refractivity contribution in [3.8, 4) is 11.5 Å². The van der Waals surface area contributed by atoms with Crippen molar-refractivity contribution >= 4 is 64.5 Å². The SMILES string of the molecule is O=S(=O)(Oc1ccc2ccc(Nc3ccccc3)cc2c1Cc1c(OS(=O)(=O)C(F)(F)F)ccc2ccc(Nc3ccccc3)cc12)C(F)(F)F. The average Bonchev–Trinajstić information content (AvgIpc) is 3.06. The Morgan fingerprint density at radius 3 is 1.18 bits per heavy atom. The molecule has 0 radical (unpaired) electrons. The molecule has 0 amide bonds. The van der Waals surface area contributed by atoms with Gasteiger partial charge in [-0.1, -0.05) is 60.7 Å². The molecule has 8 nitrogen and oxygen atoms in total. The number of fused-ring (bicyclic) bond motifs is 2. The fraction of sp³-hybridized carbons (Fsp3) is 0.0857. The van der Waals surface area contributed by atoms with Crippen LogP contribution in [0.1, 0.15) is 11.1 Å². The Labute approximate surface area is 287 Å². The van der Waals surface area contributed by atoms with Crippen LogP contribution in [0, 0.1) is 0 Å². The molecule has 16 heteroatoms. The molecule has 6 aromatic carbocycles. The van der Waals surface area contributed by atoms with Crippen LogP contribution in [0.2, 0.25) is 0 Å². The Balaban J connectivity index is 1.59. The van der Waals surface area contributed by atoms with E-state index >= 15 is 0 Å². The Hall–Kier alpha value is -5.48. The molecule has 51 heavy (non-hydrogen) atoms. The molecule has 0 spiro atoms. The summed E-state index contributed by atoms with van der Waals surface area (Å²) in [7, 11) is -12.5. The zero-order valence-corrected chi connectivity index (χ0v) is 27.4. The highest BCUT2D eigenvalue weighted by atomic mass is 32.2. The third-order valence-electron chi connectivity index (χ3n) is 7.62. The largest absolute Gasteiger partial charge is 0.534 e. The predicted molar refractivity (Wildman–Crippen MR) is 181 cm³/mol. The van der Waals surface area contributed by atoms with Gasteiger partial charge in [-0.2, -0.15) is 43.2 Å². The summed E-state index contributed by atoms with van der Waals surface area (Å²) in [5, 5.41) is 7.31. The van der Waals surface area contributed by atoms with E-state index in [2.05, 4.69) is 19.0 Å². The first-order valence-electron chi connectivity index (χ1n) is 14.8. The summed E-state index contributed by atoms with van der Waals surface area (Å²) in [5.74, 6) is -1.59. The van der Waals surface area contributed by atoms with E-state index < -0.39 is 49.2 Å². The summed E-state index contributed by atoms with van der Waals surface area (Å²) in [6, 6.07) is 31.5. The van der Waals surface area contributed by atoms with Gasteiger partial charge in [0.05, 0.1) is 0 Å². The zero-order chi connectivity index (χ0) is 36.6. The normalized spacial score (nSPS) is 12.5. The summed E-state index contributed by atoms with van der Waals surface area (Å²) in [4.78, 5) is 0. The maximum absolute atomic E-state index is 13.6. The Morgan fingerprint density at radius 1 is 0.471 bits per heavy atom. The van der Waals surface area contributed by atoms with Crippen molar-refractivity contribution in [3.63, 3.8) is 0 Å². The second kappa shape index (κ2) is 13.3. The molecule has 0 bridgehead atoms. The maximum atomic E-state index is 13.6. The summed E-state index contributed by atoms with van der Waals surface area (Å²) in [6.07, 6.45) is -0.649. The molecule has 0 aliphatic heterocycles. The van der Waals surface area contributed by atoms with Gasteiger partial charge in [-0.05, 0) is 82.2 Å². The smallest absolute Gasteiger partial charge is 0.376 e. The van der Waals surface area contributed by atoms with Gasteiger partial charge >= 0.3 is 31.3 Å². The fourth-order valence-electron chi connectivity index (χ4n) is 5.28. The number of hydrogen-bond donors (Lipinski definition) is 2. The lowest BCUT2D eigenvalue weighted by molar-refractivity contribution is -0.0504. The van der Waals surface area contributed by atoms with Gasteiger partial charge in [0, 0.05) is 40.3 Å². The first-order valence-corrected chi connectivity index (χ1v) is 17.6. The van der Waals surface area contributed by atoms with Crippen LogP contribution in [0.5, 0.6) is 11.5 Å². The molecular formula is C35H24F6N2O6S2. The van der Waals surface area contributed by atoms with Crippen LogP contribution in [0.25, 0.3) is 21.5 Å². The third kappa shape index (κ3) is 7.66. The number of alkyl halides is 6. The minimum absolute atomic E-state index is 0.144. The van der Waals surface area contributed by atoms with Crippen LogP contribution in [0.3, 0.4) is 0 Å². The van der Waals surface area contributed by atoms with E-state index in [1.54, 1.807) is 84.9 Å². The van der Waals surface area contributed by atoms with E-state index in [0.29, 0.717) is 33.5 Å². The monoisotopic (exact) mass is 746 g/mol. The Kier molecular flexibility index (Phi) is 9.24. The van der Waals surface area contributed by atoms with Crippen molar-refractivity contribution in [1.29, 1.82) is 0 Å². The van der Waals surface area contributed by atoms with Crippen LogP contribution in [-0.2, 0) is 26.7 Å². The summed E-state index contributed by atoms with van der Waals surface area (Å²) in [5.41, 5.74) is -10.0. The quantitative estimate of drug-likeness (QED) is 0.0811. The molecule has 0 saturated heterocycles. The van der Waals surface area contributed by atoms with Gasteiger partial charge in [-0.25, -0.2) is 0 Å². The molecule has 0 aliphatic rings. The van der Waals surface area contributed by atoms with Gasteiger partial charge in [0.15, 0.2) is 0 Å². The van der Waals surface area contributed by atoms with Crippen molar-refractivity contribution in [1.82, 2.24) is 0 Å². The van der Waals surface area contributed by atoms with Crippen molar-refractivity contribution in [2.24, 2.45) is 0 Å². The van der Waals surface area contributed by atoms with Crippen LogP contribution in [0.15, 0.2) is 121 Å². The zero-order valence-electron chi connectivity index (χ0n) is 25.8. The fourth-order valence-corrected chi connectivity index (χ4v) is 6.26. The first kappa shape index (κ1) is 35.3. The number of hydrogen-bond acceptors (Lipinski definition) is 8. The number of anilines is 4. The highest BCUT2D eigenvalue weighted by Gasteiger charge is 2.50. The molecule has 0 atom stereocenters. The third-order valence-corrected chi connectivity index (χ3v) is 9.56. The van der Waals surface area contributed by atoms with Gasteiger partial charge in [-0.3, -0.25) is 0 Å². The standard InChI is InChI=1S/C35H24F6N2O6S2/c36-34(37,38)50(44,45)48-32-17-13-22-11-15-26(42-24-7-3-1-4-8-24)19-28(22)30(32)21-31-29-20-27(43-25-9-5-2-6-10-25)16-12-23(29)14-18-33(31)49-51(46,47)35(39,40)41/h1-20,42-43H,21H2. The molecule has 0 aliphatic carbocycles. The minimum Gasteiger partial charge on any atom is -0.376 e. The average molecular weight is 747 g/mol. The predicted octanol–water partition coefficient (Wildman–Crippen LogP) is 9.53. The van der Waals surface area contributed by atoms with Gasteiger partial charge in [0.25, 0.3) is 0 Å². The van der Waals surface area contributed by atoms with Crippen LogP contribution >= 0.6 is 0 Å². The summed E-state index contributed by atoms with van der Waals surface area (Å²) < 4.78 is 140. The van der Waals surface area contributed by atoms with E-state index in [9.17, 15) is 43.2 Å². The van der Waals surface area contributed by atoms with E-state index in [0.717, 1.165) is 12.1 Å². The molecule has 0 heterocycles. The van der Waals surface area contributed by atoms with Crippen LogP contribution in [-0.4, -0.2) is 27.9 Å². The number of nitrogens with one attached hydrogen (secondary N) is 2. The van der Waals surface area contributed by atoms with Crippen molar-refractivity contribution in [2.75, 3.05) is 10.6 Å². The summed E-state index contributed by atoms with van der Waals surface area (Å²) in [6.45, 7) is 0. The molecule has 0 aromatic heterocycles. The Bertz CT molecular complexity index is 2290. The van der Waals surface area contributed by atoms with Crippen LogP contribution < -0.4 is 19.0 Å². The number of rotatable bonds is 10. The van der Waals surface area contributed by atoms with E-state index in [-0.39, 0.29) is 21.9 Å². The van der Waals surface area contributed by atoms with Crippen molar-refractivity contribution in [3.05, 3.63) is 132 Å². The van der Waals surface area contributed by atoms with Gasteiger partial charge in [-0.15, -0.1) is 0 Å². The maximum Gasteiger partial charge on any atom is 0.534 e. The van der Waals surface area contributed by atoms with Gasteiger partial charge in [0.1, 0.15) is 11.5 Å². The van der Waals surface area contributed by atoms with Crippen LogP contribution in [0.4, 0.5) is 49.1 Å². The first-order chi connectivity index (χ1) is 24.0. The topological polar surface area (TPSA) is 111 Å². The van der Waals surface area contributed by atoms with Gasteiger partial charge in [0.2, 0.25) is 0 Å². The minimum atomic E-state index is -6.24. The molecule has 2 N–H and O–H groups in total. The molecule has 0 saturated carbocycles. The van der Waals surface area contributed by atoms with E-state index in [1.807, 2.05) is 0 Å². The molecule has 0 fully saturated rings. The van der Waals surface area contributed by atoms with Crippen molar-refractivity contribution < 1.29 is 51.5 Å². The lowest BCUT2D eigenvalue weighted by Crippen LogP contribution is -2.28. The Morgan fingerprint density at radius 2 is 0.824 bits per heavy atom. The lowest BCUT2D eigenvalue weighted by atomic mass is 9.93. The molecule has 0 unspecified atom stereocenters. The van der Waals surface area contributed by atoms with E-state index in [1.165, 1.54) is 24.3 Å². The van der Waals surface area contributed by atoms with Gasteiger partial charge < -0.3 is 19.0 Å². The molecule has 6 aromatic rings. The highest BCUT2D eigenvalue weighted by molar-refractivity contribution is 7.88.